The molecule has 1 aliphatic rings. The van der Waals surface area contributed by atoms with E-state index < -0.39 is 18.1 Å². The molecule has 0 bridgehead atoms. The molecule has 1 aromatic heterocycles. The molecule has 2 amide bonds. The zero-order chi connectivity index (χ0) is 23.4. The Morgan fingerprint density at radius 1 is 1.15 bits per heavy atom. The molecule has 3 aromatic rings. The summed E-state index contributed by atoms with van der Waals surface area (Å²) in [5.41, 5.74) is 2.29. The molecule has 33 heavy (non-hydrogen) atoms. The lowest BCUT2D eigenvalue weighted by molar-refractivity contribution is 0.116. The van der Waals surface area contributed by atoms with Crippen molar-refractivity contribution in [2.45, 2.75) is 26.3 Å². The average Bonchev–Trinajstić information content (AvgIpc) is 3.34. The highest BCUT2D eigenvalue weighted by atomic mass is 32.2. The van der Waals surface area contributed by atoms with E-state index in [0.29, 0.717) is 18.8 Å². The number of amides is 2. The molecule has 1 saturated heterocycles. The summed E-state index contributed by atoms with van der Waals surface area (Å²) in [5, 5.41) is 6.83. The van der Waals surface area contributed by atoms with Gasteiger partial charge < -0.3 is 9.32 Å². The zero-order valence-corrected chi connectivity index (χ0v) is 18.8. The Hall–Kier alpha value is -3.01. The van der Waals surface area contributed by atoms with Crippen molar-refractivity contribution in [3.63, 3.8) is 0 Å². The fourth-order valence-corrected chi connectivity index (χ4v) is 4.43. The first-order valence-electron chi connectivity index (χ1n) is 10.6. The highest BCUT2D eigenvalue weighted by Crippen LogP contribution is 2.27. The Labute approximate surface area is 193 Å². The Morgan fingerprint density at radius 2 is 1.88 bits per heavy atom. The van der Waals surface area contributed by atoms with Gasteiger partial charge in [-0.25, -0.2) is 9.18 Å². The van der Waals surface area contributed by atoms with Crippen LogP contribution in [-0.2, 0) is 13.0 Å². The van der Waals surface area contributed by atoms with Gasteiger partial charge in [0.1, 0.15) is 5.82 Å². The highest BCUT2D eigenvalue weighted by molar-refractivity contribution is 7.99. The molecule has 1 fully saturated rings. The van der Waals surface area contributed by atoms with Crippen LogP contribution in [0.3, 0.4) is 0 Å². The van der Waals surface area contributed by atoms with Crippen molar-refractivity contribution >= 4 is 23.5 Å². The molecular weight excluding hydrogens is 453 g/mol. The molecule has 0 aliphatic carbocycles. The van der Waals surface area contributed by atoms with Crippen LogP contribution >= 0.6 is 11.8 Å². The fraction of sp³-hybridized carbons (Fsp3) is 0.348. The maximum Gasteiger partial charge on any atom is 0.324 e. The van der Waals surface area contributed by atoms with E-state index in [9.17, 15) is 13.6 Å². The van der Waals surface area contributed by atoms with E-state index >= 15 is 4.39 Å². The predicted molar refractivity (Wildman–Crippen MR) is 121 cm³/mol. The number of hydrogen-bond donors (Lipinski definition) is 0. The van der Waals surface area contributed by atoms with Gasteiger partial charge in [0.15, 0.2) is 0 Å². The molecule has 0 N–H and O–H groups in total. The SMILES string of the molecule is CCc1ccc(N(Cc2ccc(-c3nnc(C(F)F)o3)cc2F)C(=O)N2CCSCC2)cc1. The summed E-state index contributed by atoms with van der Waals surface area (Å²) in [4.78, 5) is 16.7. The topological polar surface area (TPSA) is 62.5 Å². The normalized spacial score (nSPS) is 14.0. The first kappa shape index (κ1) is 23.2. The largest absolute Gasteiger partial charge is 0.415 e. The number of urea groups is 1. The summed E-state index contributed by atoms with van der Waals surface area (Å²) in [5.74, 6) is 0.123. The van der Waals surface area contributed by atoms with Crippen molar-refractivity contribution in [3.8, 4) is 11.5 Å². The Bertz CT molecular complexity index is 1100. The number of halogens is 3. The van der Waals surface area contributed by atoms with Gasteiger partial charge in [0.25, 0.3) is 5.89 Å². The summed E-state index contributed by atoms with van der Waals surface area (Å²) in [6.07, 6.45) is -2.03. The van der Waals surface area contributed by atoms with E-state index in [-0.39, 0.29) is 29.6 Å². The number of carbonyl (C=O) groups is 1. The van der Waals surface area contributed by atoms with Crippen LogP contribution in [0.5, 0.6) is 0 Å². The van der Waals surface area contributed by atoms with E-state index in [2.05, 4.69) is 10.2 Å². The van der Waals surface area contributed by atoms with Crippen molar-refractivity contribution in [3.05, 3.63) is 65.3 Å². The minimum absolute atomic E-state index is 0.0200. The third kappa shape index (κ3) is 5.32. The zero-order valence-electron chi connectivity index (χ0n) is 18.0. The number of benzene rings is 2. The summed E-state index contributed by atoms with van der Waals surface area (Å²) >= 11 is 1.80. The van der Waals surface area contributed by atoms with Crippen LogP contribution in [0.25, 0.3) is 11.5 Å². The van der Waals surface area contributed by atoms with Crippen LogP contribution in [0.2, 0.25) is 0 Å². The van der Waals surface area contributed by atoms with E-state index in [1.807, 2.05) is 31.2 Å². The fourth-order valence-electron chi connectivity index (χ4n) is 3.52. The number of alkyl halides is 2. The van der Waals surface area contributed by atoms with Gasteiger partial charge in [-0.05, 0) is 36.2 Å². The number of aromatic nitrogens is 2. The molecule has 0 unspecified atom stereocenters. The van der Waals surface area contributed by atoms with Crippen molar-refractivity contribution in [2.24, 2.45) is 0 Å². The monoisotopic (exact) mass is 476 g/mol. The van der Waals surface area contributed by atoms with Crippen LogP contribution in [0.1, 0.15) is 30.4 Å². The minimum Gasteiger partial charge on any atom is -0.415 e. The second-order valence-corrected chi connectivity index (χ2v) is 8.77. The Kier molecular flexibility index (Phi) is 7.22. The number of nitrogens with zero attached hydrogens (tertiary/aromatic N) is 4. The van der Waals surface area contributed by atoms with E-state index in [4.69, 9.17) is 4.42 Å². The van der Waals surface area contributed by atoms with Crippen LogP contribution in [-0.4, -0.2) is 45.7 Å². The molecular formula is C23H23F3N4O2S. The second-order valence-electron chi connectivity index (χ2n) is 7.54. The van der Waals surface area contributed by atoms with E-state index in [0.717, 1.165) is 29.6 Å². The van der Waals surface area contributed by atoms with Gasteiger partial charge in [-0.2, -0.15) is 20.5 Å². The van der Waals surface area contributed by atoms with Gasteiger partial charge in [0.2, 0.25) is 5.89 Å². The van der Waals surface area contributed by atoms with Gasteiger partial charge in [0, 0.05) is 41.4 Å². The molecule has 0 radical (unpaired) electrons. The molecule has 174 valence electrons. The maximum absolute atomic E-state index is 15.0. The Morgan fingerprint density at radius 3 is 2.48 bits per heavy atom. The summed E-state index contributed by atoms with van der Waals surface area (Å²) in [6.45, 7) is 3.34. The lowest BCUT2D eigenvalue weighted by atomic mass is 10.1. The highest BCUT2D eigenvalue weighted by Gasteiger charge is 2.25. The smallest absolute Gasteiger partial charge is 0.324 e. The van der Waals surface area contributed by atoms with Crippen LogP contribution in [0.4, 0.5) is 23.7 Å². The van der Waals surface area contributed by atoms with Crippen LogP contribution in [0.15, 0.2) is 46.9 Å². The summed E-state index contributed by atoms with van der Waals surface area (Å²) < 4.78 is 45.3. The minimum atomic E-state index is -2.90. The molecule has 10 heteroatoms. The molecule has 2 aromatic carbocycles. The van der Waals surface area contributed by atoms with Gasteiger partial charge in [-0.1, -0.05) is 25.1 Å². The number of rotatable bonds is 6. The average molecular weight is 477 g/mol. The molecule has 0 atom stereocenters. The first-order chi connectivity index (χ1) is 16.0. The molecule has 0 saturated carbocycles. The van der Waals surface area contributed by atoms with Gasteiger partial charge in [0.05, 0.1) is 6.54 Å². The maximum atomic E-state index is 15.0. The number of thioether (sulfide) groups is 1. The third-order valence-electron chi connectivity index (χ3n) is 5.42. The lowest BCUT2D eigenvalue weighted by Crippen LogP contribution is -2.46. The molecule has 4 rings (SSSR count). The molecule has 1 aliphatic heterocycles. The molecule has 0 spiro atoms. The standard InChI is InChI=1S/C23H23F3N4O2S/c1-2-15-3-7-18(8-4-15)30(23(31)29-9-11-33-12-10-29)14-17-6-5-16(13-19(17)24)21-27-28-22(32-21)20(25)26/h3-8,13,20H,2,9-12,14H2,1H3. The molecule has 6 nitrogen and oxygen atoms in total. The van der Waals surface area contributed by atoms with Crippen molar-refractivity contribution in [1.82, 2.24) is 15.1 Å². The predicted octanol–water partition coefficient (Wildman–Crippen LogP) is 5.55. The van der Waals surface area contributed by atoms with Crippen molar-refractivity contribution < 1.29 is 22.4 Å². The quantitative estimate of drug-likeness (QED) is 0.467. The number of hydrogen-bond acceptors (Lipinski definition) is 5. The number of aryl methyl sites for hydroxylation is 1. The van der Waals surface area contributed by atoms with Crippen molar-refractivity contribution in [1.29, 1.82) is 0 Å². The van der Waals surface area contributed by atoms with Gasteiger partial charge in [-0.3, -0.25) is 4.90 Å². The first-order valence-corrected chi connectivity index (χ1v) is 11.7. The van der Waals surface area contributed by atoms with E-state index in [1.165, 1.54) is 12.1 Å². The van der Waals surface area contributed by atoms with Gasteiger partial charge in [-0.15, -0.1) is 10.2 Å². The third-order valence-corrected chi connectivity index (χ3v) is 6.37. The van der Waals surface area contributed by atoms with Crippen molar-refractivity contribution in [2.75, 3.05) is 29.5 Å². The summed E-state index contributed by atoms with van der Waals surface area (Å²) in [6, 6.07) is 11.6. The summed E-state index contributed by atoms with van der Waals surface area (Å²) in [7, 11) is 0. The lowest BCUT2D eigenvalue weighted by Gasteiger charge is -2.33. The van der Waals surface area contributed by atoms with E-state index in [1.54, 1.807) is 21.6 Å². The second kappa shape index (κ2) is 10.3. The Balaban J connectivity index is 1.61. The molecule has 2 heterocycles. The van der Waals surface area contributed by atoms with Gasteiger partial charge >= 0.3 is 12.5 Å². The number of carbonyl (C=O) groups excluding carboxylic acids is 1. The number of anilines is 1. The van der Waals surface area contributed by atoms with Crippen LogP contribution in [0, 0.1) is 5.82 Å². The van der Waals surface area contributed by atoms with Crippen LogP contribution < -0.4 is 4.90 Å².